The van der Waals surface area contributed by atoms with Gasteiger partial charge >= 0.3 is 0 Å². The van der Waals surface area contributed by atoms with Gasteiger partial charge in [0.15, 0.2) is 11.5 Å². The maximum absolute atomic E-state index is 12.9. The molecule has 6 nitrogen and oxygen atoms in total. The highest BCUT2D eigenvalue weighted by atomic mass is 16.5. The fourth-order valence-electron chi connectivity index (χ4n) is 2.84. The van der Waals surface area contributed by atoms with Crippen LogP contribution in [0.1, 0.15) is 36.7 Å². The molecule has 0 aliphatic heterocycles. The Morgan fingerprint density at radius 1 is 1.07 bits per heavy atom. The lowest BCUT2D eigenvalue weighted by Crippen LogP contribution is -2.20. The minimum absolute atomic E-state index is 0.256. The Morgan fingerprint density at radius 3 is 2.30 bits per heavy atom. The van der Waals surface area contributed by atoms with E-state index >= 15 is 0 Å². The highest BCUT2D eigenvalue weighted by Crippen LogP contribution is 2.30. The van der Waals surface area contributed by atoms with Crippen LogP contribution < -0.4 is 15.0 Å². The summed E-state index contributed by atoms with van der Waals surface area (Å²) in [6.45, 7) is 6.04. The highest BCUT2D eigenvalue weighted by Gasteiger charge is 2.13. The van der Waals surface area contributed by atoms with Crippen LogP contribution in [0.2, 0.25) is 0 Å². The van der Waals surface area contributed by atoms with Gasteiger partial charge in [-0.15, -0.1) is 0 Å². The average molecular weight is 365 g/mol. The highest BCUT2D eigenvalue weighted by molar-refractivity contribution is 5.82. The minimum Gasteiger partial charge on any atom is -0.493 e. The second-order valence-corrected chi connectivity index (χ2v) is 6.57. The van der Waals surface area contributed by atoms with Gasteiger partial charge in [-0.2, -0.15) is 9.78 Å². The number of aromatic nitrogens is 2. The Hall–Kier alpha value is -3.15. The predicted molar refractivity (Wildman–Crippen MR) is 107 cm³/mol. The van der Waals surface area contributed by atoms with Crippen LogP contribution in [0.3, 0.4) is 0 Å². The molecule has 27 heavy (non-hydrogen) atoms. The topological polar surface area (TPSA) is 65.7 Å². The van der Waals surface area contributed by atoms with Crippen molar-refractivity contribution >= 4 is 17.1 Å². The van der Waals surface area contributed by atoms with E-state index < -0.39 is 0 Å². The Bertz CT molecular complexity index is 1050. The molecule has 0 saturated heterocycles. The largest absolute Gasteiger partial charge is 0.493 e. The van der Waals surface area contributed by atoms with Gasteiger partial charge in [0, 0.05) is 6.07 Å². The molecule has 3 rings (SSSR count). The van der Waals surface area contributed by atoms with Gasteiger partial charge in [0.2, 0.25) is 0 Å². The first-order valence-corrected chi connectivity index (χ1v) is 8.74. The van der Waals surface area contributed by atoms with Crippen molar-refractivity contribution in [1.82, 2.24) is 9.66 Å². The minimum atomic E-state index is -0.256. The van der Waals surface area contributed by atoms with Crippen molar-refractivity contribution in [2.45, 2.75) is 26.7 Å². The van der Waals surface area contributed by atoms with E-state index in [1.807, 2.05) is 12.1 Å². The number of hydrogen-bond acceptors (Lipinski definition) is 5. The fraction of sp³-hybridized carbons (Fsp3) is 0.286. The SMILES string of the molecule is COc1cc2nc(C)n(/N=C/c3ccc(C(C)C)cc3)c(=O)c2cc1OC. The first kappa shape index (κ1) is 18.6. The molecule has 0 atom stereocenters. The second-order valence-electron chi connectivity index (χ2n) is 6.57. The summed E-state index contributed by atoms with van der Waals surface area (Å²) >= 11 is 0. The maximum Gasteiger partial charge on any atom is 0.282 e. The van der Waals surface area contributed by atoms with Crippen molar-refractivity contribution in [3.63, 3.8) is 0 Å². The van der Waals surface area contributed by atoms with E-state index in [0.29, 0.717) is 34.1 Å². The number of hydrogen-bond donors (Lipinski definition) is 0. The molecule has 0 fully saturated rings. The Labute approximate surface area is 158 Å². The summed E-state index contributed by atoms with van der Waals surface area (Å²) in [5.74, 6) is 1.97. The summed E-state index contributed by atoms with van der Waals surface area (Å²) in [6, 6.07) is 11.4. The van der Waals surface area contributed by atoms with Crippen LogP contribution in [-0.4, -0.2) is 30.1 Å². The molecular weight excluding hydrogens is 342 g/mol. The summed E-state index contributed by atoms with van der Waals surface area (Å²) in [4.78, 5) is 17.4. The van der Waals surface area contributed by atoms with Crippen molar-refractivity contribution in [3.8, 4) is 11.5 Å². The Kier molecular flexibility index (Phi) is 5.26. The van der Waals surface area contributed by atoms with Gasteiger partial charge in [0.1, 0.15) is 5.82 Å². The van der Waals surface area contributed by atoms with E-state index in [0.717, 1.165) is 5.56 Å². The molecule has 2 aromatic carbocycles. The molecule has 140 valence electrons. The van der Waals surface area contributed by atoms with Crippen LogP contribution in [0, 0.1) is 6.92 Å². The smallest absolute Gasteiger partial charge is 0.282 e. The van der Waals surface area contributed by atoms with Crippen molar-refractivity contribution in [2.24, 2.45) is 5.10 Å². The van der Waals surface area contributed by atoms with Gasteiger partial charge in [0.05, 0.1) is 31.3 Å². The van der Waals surface area contributed by atoms with Crippen molar-refractivity contribution in [1.29, 1.82) is 0 Å². The quantitative estimate of drug-likeness (QED) is 0.646. The van der Waals surface area contributed by atoms with Crippen molar-refractivity contribution in [2.75, 3.05) is 14.2 Å². The zero-order chi connectivity index (χ0) is 19.6. The summed E-state index contributed by atoms with van der Waals surface area (Å²) in [7, 11) is 3.08. The van der Waals surface area contributed by atoms with Gasteiger partial charge in [-0.3, -0.25) is 4.79 Å². The van der Waals surface area contributed by atoms with Crippen LogP contribution >= 0.6 is 0 Å². The third kappa shape index (κ3) is 3.69. The summed E-state index contributed by atoms with van der Waals surface area (Å²) < 4.78 is 11.9. The standard InChI is InChI=1S/C21H23N3O3/c1-13(2)16-8-6-15(7-9-16)12-22-24-14(3)23-18-11-20(27-5)19(26-4)10-17(18)21(24)25/h6-13H,1-5H3/b22-12+. The number of rotatable bonds is 5. The van der Waals surface area contributed by atoms with Crippen LogP contribution in [0.25, 0.3) is 10.9 Å². The molecule has 1 aromatic heterocycles. The molecule has 0 radical (unpaired) electrons. The molecule has 6 heteroatoms. The molecule has 0 unspecified atom stereocenters. The monoisotopic (exact) mass is 365 g/mol. The number of nitrogens with zero attached hydrogens (tertiary/aromatic N) is 3. The summed E-state index contributed by atoms with van der Waals surface area (Å²) in [5, 5.41) is 4.76. The van der Waals surface area contributed by atoms with E-state index in [-0.39, 0.29) is 5.56 Å². The lowest BCUT2D eigenvalue weighted by atomic mass is 10.0. The maximum atomic E-state index is 12.9. The molecule has 3 aromatic rings. The number of aryl methyl sites for hydroxylation is 1. The lowest BCUT2D eigenvalue weighted by molar-refractivity contribution is 0.355. The van der Waals surface area contributed by atoms with Gasteiger partial charge < -0.3 is 9.47 Å². The van der Waals surface area contributed by atoms with E-state index in [2.05, 4.69) is 36.1 Å². The Balaban J connectivity index is 2.05. The summed E-state index contributed by atoms with van der Waals surface area (Å²) in [6.07, 6.45) is 1.66. The van der Waals surface area contributed by atoms with Gasteiger partial charge in [-0.1, -0.05) is 38.1 Å². The third-order valence-electron chi connectivity index (χ3n) is 4.44. The van der Waals surface area contributed by atoms with Crippen LogP contribution in [0.4, 0.5) is 0 Å². The number of benzene rings is 2. The molecular formula is C21H23N3O3. The Morgan fingerprint density at radius 2 is 1.70 bits per heavy atom. The summed E-state index contributed by atoms with van der Waals surface area (Å²) in [5.41, 5.74) is 2.46. The van der Waals surface area contributed by atoms with Gasteiger partial charge in [-0.05, 0) is 30.0 Å². The first-order valence-electron chi connectivity index (χ1n) is 8.74. The lowest BCUT2D eigenvalue weighted by Gasteiger charge is -2.10. The number of methoxy groups -OCH3 is 2. The molecule has 0 N–H and O–H groups in total. The van der Waals surface area contributed by atoms with Crippen molar-refractivity contribution in [3.05, 3.63) is 63.7 Å². The van der Waals surface area contributed by atoms with Crippen molar-refractivity contribution < 1.29 is 9.47 Å². The molecule has 0 aliphatic carbocycles. The number of fused-ring (bicyclic) bond motifs is 1. The predicted octanol–water partition coefficient (Wildman–Crippen LogP) is 3.73. The average Bonchev–Trinajstić information content (AvgIpc) is 2.67. The molecule has 0 aliphatic rings. The van der Waals surface area contributed by atoms with Crippen LogP contribution in [0.5, 0.6) is 11.5 Å². The molecule has 0 spiro atoms. The van der Waals surface area contributed by atoms with E-state index in [9.17, 15) is 4.79 Å². The molecule has 0 amide bonds. The zero-order valence-electron chi connectivity index (χ0n) is 16.2. The van der Waals surface area contributed by atoms with E-state index in [1.165, 1.54) is 17.3 Å². The van der Waals surface area contributed by atoms with Crippen LogP contribution in [0.15, 0.2) is 46.3 Å². The van der Waals surface area contributed by atoms with Crippen LogP contribution in [-0.2, 0) is 0 Å². The molecule has 0 saturated carbocycles. The molecule has 0 bridgehead atoms. The number of ether oxygens (including phenoxy) is 2. The zero-order valence-corrected chi connectivity index (χ0v) is 16.2. The molecule has 1 heterocycles. The van der Waals surface area contributed by atoms with E-state index in [4.69, 9.17) is 9.47 Å². The fourth-order valence-corrected chi connectivity index (χ4v) is 2.84. The third-order valence-corrected chi connectivity index (χ3v) is 4.44. The normalized spacial score (nSPS) is 11.5. The first-order chi connectivity index (χ1) is 12.9. The van der Waals surface area contributed by atoms with E-state index in [1.54, 1.807) is 32.4 Å². The van der Waals surface area contributed by atoms with Gasteiger partial charge in [0.25, 0.3) is 5.56 Å². The van der Waals surface area contributed by atoms with Gasteiger partial charge in [-0.25, -0.2) is 4.98 Å². The second kappa shape index (κ2) is 7.61.